The van der Waals surface area contributed by atoms with Gasteiger partial charge in [-0.25, -0.2) is 0 Å². The minimum absolute atomic E-state index is 0.424. The third kappa shape index (κ3) is 2.84. The van der Waals surface area contributed by atoms with E-state index < -0.39 is 0 Å². The van der Waals surface area contributed by atoms with Gasteiger partial charge in [0.05, 0.1) is 16.7 Å². The first kappa shape index (κ1) is 12.9. The predicted octanol–water partition coefficient (Wildman–Crippen LogP) is 5.07. The van der Waals surface area contributed by atoms with E-state index in [-0.39, 0.29) is 0 Å². The topological polar surface area (TPSA) is 33.0 Å². The van der Waals surface area contributed by atoms with Crippen LogP contribution in [-0.4, -0.2) is 0 Å². The summed E-state index contributed by atoms with van der Waals surface area (Å²) in [5, 5.41) is 9.19. The van der Waals surface area contributed by atoms with E-state index >= 15 is 0 Å². The van der Waals surface area contributed by atoms with Crippen LogP contribution in [0.25, 0.3) is 0 Å². The molecule has 90 valence electrons. The third-order valence-corrected chi connectivity index (χ3v) is 3.22. The molecule has 2 rings (SSSR count). The fourth-order valence-electron chi connectivity index (χ4n) is 1.46. The van der Waals surface area contributed by atoms with Crippen molar-refractivity contribution in [1.82, 2.24) is 0 Å². The van der Waals surface area contributed by atoms with E-state index in [0.717, 1.165) is 15.8 Å². The fourth-order valence-corrected chi connectivity index (χ4v) is 2.01. The van der Waals surface area contributed by atoms with Crippen LogP contribution in [0.4, 0.5) is 0 Å². The Bertz CT molecular complexity index is 634. The van der Waals surface area contributed by atoms with Crippen LogP contribution < -0.4 is 4.74 Å². The van der Waals surface area contributed by atoms with Crippen molar-refractivity contribution in [3.8, 4) is 17.6 Å². The van der Waals surface area contributed by atoms with E-state index in [1.165, 1.54) is 0 Å². The summed E-state index contributed by atoms with van der Waals surface area (Å²) in [7, 11) is 0. The molecule has 0 bridgehead atoms. The summed E-state index contributed by atoms with van der Waals surface area (Å²) in [4.78, 5) is 0. The Hall–Kier alpha value is -1.50. The molecule has 0 aliphatic rings. The van der Waals surface area contributed by atoms with Gasteiger partial charge in [0.2, 0.25) is 0 Å². The van der Waals surface area contributed by atoms with E-state index in [0.29, 0.717) is 16.3 Å². The smallest absolute Gasteiger partial charge is 0.146 e. The number of hydrogen-bond donors (Lipinski definition) is 0. The molecule has 0 unspecified atom stereocenters. The SMILES string of the molecule is Cc1ccc(Br)cc1Oc1ccc(C#N)cc1Cl. The number of hydrogen-bond acceptors (Lipinski definition) is 2. The van der Waals surface area contributed by atoms with Crippen molar-refractivity contribution in [1.29, 1.82) is 5.26 Å². The Kier molecular flexibility index (Phi) is 3.90. The Morgan fingerprint density at radius 1 is 1.17 bits per heavy atom. The molecule has 0 saturated carbocycles. The summed E-state index contributed by atoms with van der Waals surface area (Å²) >= 11 is 9.46. The van der Waals surface area contributed by atoms with Crippen LogP contribution in [0, 0.1) is 18.3 Å². The van der Waals surface area contributed by atoms with Crippen molar-refractivity contribution >= 4 is 27.5 Å². The van der Waals surface area contributed by atoms with Gasteiger partial charge < -0.3 is 4.74 Å². The molecule has 0 heterocycles. The number of nitrogens with zero attached hydrogens (tertiary/aromatic N) is 1. The summed E-state index contributed by atoms with van der Waals surface area (Å²) in [5.74, 6) is 1.27. The summed E-state index contributed by atoms with van der Waals surface area (Å²) in [5.41, 5.74) is 1.52. The molecule has 0 aromatic heterocycles. The van der Waals surface area contributed by atoms with Gasteiger partial charge in [-0.2, -0.15) is 5.26 Å². The first-order valence-corrected chi connectivity index (χ1v) is 6.41. The van der Waals surface area contributed by atoms with Crippen LogP contribution >= 0.6 is 27.5 Å². The van der Waals surface area contributed by atoms with Crippen molar-refractivity contribution in [2.45, 2.75) is 6.92 Å². The monoisotopic (exact) mass is 321 g/mol. The van der Waals surface area contributed by atoms with Gasteiger partial charge in [-0.1, -0.05) is 33.6 Å². The van der Waals surface area contributed by atoms with Gasteiger partial charge in [-0.05, 0) is 42.8 Å². The van der Waals surface area contributed by atoms with Gasteiger partial charge in [0.25, 0.3) is 0 Å². The normalized spacial score (nSPS) is 9.89. The maximum absolute atomic E-state index is 8.77. The minimum Gasteiger partial charge on any atom is -0.455 e. The zero-order chi connectivity index (χ0) is 13.1. The highest BCUT2D eigenvalue weighted by atomic mass is 79.9. The zero-order valence-electron chi connectivity index (χ0n) is 9.58. The van der Waals surface area contributed by atoms with Crippen LogP contribution in [0.2, 0.25) is 5.02 Å². The van der Waals surface area contributed by atoms with Gasteiger partial charge in [0, 0.05) is 4.47 Å². The van der Waals surface area contributed by atoms with Gasteiger partial charge >= 0.3 is 0 Å². The van der Waals surface area contributed by atoms with Crippen molar-refractivity contribution in [3.05, 3.63) is 57.0 Å². The molecule has 0 aliphatic heterocycles. The first-order valence-electron chi connectivity index (χ1n) is 5.24. The average Bonchev–Trinajstić information content (AvgIpc) is 2.36. The Morgan fingerprint density at radius 3 is 2.61 bits per heavy atom. The molecule has 18 heavy (non-hydrogen) atoms. The lowest BCUT2D eigenvalue weighted by molar-refractivity contribution is 0.479. The second-order valence-electron chi connectivity index (χ2n) is 3.77. The summed E-state index contributed by atoms with van der Waals surface area (Å²) in [6.07, 6.45) is 0. The lowest BCUT2D eigenvalue weighted by Gasteiger charge is -2.10. The molecule has 0 fully saturated rings. The van der Waals surface area contributed by atoms with Crippen molar-refractivity contribution in [3.63, 3.8) is 0 Å². The standard InChI is InChI=1S/C14H9BrClNO/c1-9-2-4-11(15)7-14(9)18-13-5-3-10(8-17)6-12(13)16/h2-7H,1H3. The number of aryl methyl sites for hydroxylation is 1. The first-order chi connectivity index (χ1) is 8.60. The Balaban J connectivity index is 2.34. The predicted molar refractivity (Wildman–Crippen MR) is 75.1 cm³/mol. The largest absolute Gasteiger partial charge is 0.455 e. The van der Waals surface area contributed by atoms with Gasteiger partial charge in [0.15, 0.2) is 0 Å². The highest BCUT2D eigenvalue weighted by molar-refractivity contribution is 9.10. The molecule has 2 aromatic carbocycles. The molecule has 0 radical (unpaired) electrons. The van der Waals surface area contributed by atoms with E-state index in [2.05, 4.69) is 15.9 Å². The molecular weight excluding hydrogens is 314 g/mol. The lowest BCUT2D eigenvalue weighted by Crippen LogP contribution is -1.89. The van der Waals surface area contributed by atoms with Gasteiger partial charge in [-0.15, -0.1) is 0 Å². The van der Waals surface area contributed by atoms with E-state index in [1.807, 2.05) is 31.2 Å². The van der Waals surface area contributed by atoms with Crippen molar-refractivity contribution < 1.29 is 4.74 Å². The maximum atomic E-state index is 8.77. The van der Waals surface area contributed by atoms with E-state index in [1.54, 1.807) is 18.2 Å². The fraction of sp³-hybridized carbons (Fsp3) is 0.0714. The molecule has 0 N–H and O–H groups in total. The van der Waals surface area contributed by atoms with Crippen LogP contribution in [0.15, 0.2) is 40.9 Å². The van der Waals surface area contributed by atoms with Crippen molar-refractivity contribution in [2.75, 3.05) is 0 Å². The highest BCUT2D eigenvalue weighted by Gasteiger charge is 2.07. The van der Waals surface area contributed by atoms with Crippen LogP contribution in [-0.2, 0) is 0 Å². The molecular formula is C14H9BrClNO. The number of halogens is 2. The molecule has 0 spiro atoms. The highest BCUT2D eigenvalue weighted by Crippen LogP contribution is 2.33. The Labute approximate surface area is 119 Å². The number of benzene rings is 2. The molecule has 2 nitrogen and oxygen atoms in total. The van der Waals surface area contributed by atoms with Crippen LogP contribution in [0.3, 0.4) is 0 Å². The summed E-state index contributed by atoms with van der Waals surface area (Å²) in [6, 6.07) is 12.8. The molecule has 0 aliphatic carbocycles. The lowest BCUT2D eigenvalue weighted by atomic mass is 10.2. The minimum atomic E-state index is 0.424. The van der Waals surface area contributed by atoms with E-state index in [9.17, 15) is 0 Å². The number of nitriles is 1. The number of rotatable bonds is 2. The molecule has 0 amide bonds. The second-order valence-corrected chi connectivity index (χ2v) is 5.09. The Morgan fingerprint density at radius 2 is 1.94 bits per heavy atom. The van der Waals surface area contributed by atoms with Crippen LogP contribution in [0.1, 0.15) is 11.1 Å². The third-order valence-electron chi connectivity index (χ3n) is 2.43. The second kappa shape index (κ2) is 5.43. The van der Waals surface area contributed by atoms with E-state index in [4.69, 9.17) is 21.6 Å². The number of ether oxygens (including phenoxy) is 1. The van der Waals surface area contributed by atoms with Gasteiger partial charge in [0.1, 0.15) is 11.5 Å². The average molecular weight is 323 g/mol. The summed E-state index contributed by atoms with van der Waals surface area (Å²) in [6.45, 7) is 1.96. The summed E-state index contributed by atoms with van der Waals surface area (Å²) < 4.78 is 6.69. The zero-order valence-corrected chi connectivity index (χ0v) is 11.9. The molecule has 2 aromatic rings. The van der Waals surface area contributed by atoms with Crippen molar-refractivity contribution in [2.24, 2.45) is 0 Å². The van der Waals surface area contributed by atoms with Crippen LogP contribution in [0.5, 0.6) is 11.5 Å². The molecule has 0 atom stereocenters. The molecule has 4 heteroatoms. The molecule has 0 saturated heterocycles. The quantitative estimate of drug-likeness (QED) is 0.773. The maximum Gasteiger partial charge on any atom is 0.146 e. The van der Waals surface area contributed by atoms with Gasteiger partial charge in [-0.3, -0.25) is 0 Å².